The minimum Gasteiger partial charge on any atom is -0.361 e. The quantitative estimate of drug-likeness (QED) is 0.554. The zero-order valence-corrected chi connectivity index (χ0v) is 14.9. The van der Waals surface area contributed by atoms with Crippen molar-refractivity contribution in [1.29, 1.82) is 0 Å². The Morgan fingerprint density at radius 2 is 2.20 bits per heavy atom. The summed E-state index contributed by atoms with van der Waals surface area (Å²) >= 11 is 0. The van der Waals surface area contributed by atoms with Crippen LogP contribution in [0.2, 0.25) is 0 Å². The summed E-state index contributed by atoms with van der Waals surface area (Å²) in [4.78, 5) is 9.62. The molecule has 2 N–H and O–H groups in total. The molecule has 3 aromatic rings. The number of rotatable bonds is 5. The molecule has 2 heterocycles. The minimum absolute atomic E-state index is 0.209. The fourth-order valence-electron chi connectivity index (χ4n) is 3.03. The zero-order chi connectivity index (χ0) is 17.8. The summed E-state index contributed by atoms with van der Waals surface area (Å²) in [5, 5.41) is 4.32. The van der Waals surface area contributed by atoms with Crippen molar-refractivity contribution in [3.63, 3.8) is 0 Å². The van der Waals surface area contributed by atoms with Crippen LogP contribution in [0.25, 0.3) is 10.9 Å². The average molecular weight is 341 g/mol. The lowest BCUT2D eigenvalue weighted by molar-refractivity contribution is 0.462. The molecule has 0 fully saturated rings. The molecule has 0 bridgehead atoms. The summed E-state index contributed by atoms with van der Waals surface area (Å²) in [6.07, 6.45) is 4.78. The highest BCUT2D eigenvalue weighted by Gasteiger charge is 2.09. The second kappa shape index (κ2) is 7.42. The van der Waals surface area contributed by atoms with Gasteiger partial charge in [-0.15, -0.1) is 0 Å². The number of fused-ring (bicyclic) bond motifs is 1. The molecule has 0 aliphatic heterocycles. The number of hydrogen-bond acceptors (Lipinski definition) is 1. The van der Waals surface area contributed by atoms with Gasteiger partial charge in [0.05, 0.1) is 6.54 Å². The Morgan fingerprint density at radius 3 is 2.92 bits per heavy atom. The maximum atomic E-state index is 13.5. The van der Waals surface area contributed by atoms with Crippen molar-refractivity contribution >= 4 is 16.9 Å². The first-order valence-corrected chi connectivity index (χ1v) is 8.36. The Morgan fingerprint density at radius 1 is 1.36 bits per heavy atom. The third kappa shape index (κ3) is 3.84. The molecule has 0 radical (unpaired) electrons. The predicted molar refractivity (Wildman–Crippen MR) is 100 cm³/mol. The Labute approximate surface area is 147 Å². The van der Waals surface area contributed by atoms with Gasteiger partial charge < -0.3 is 19.8 Å². The van der Waals surface area contributed by atoms with Crippen LogP contribution in [0.4, 0.5) is 4.39 Å². The van der Waals surface area contributed by atoms with Crippen LogP contribution in [0.5, 0.6) is 0 Å². The molecule has 3 rings (SSSR count). The van der Waals surface area contributed by atoms with E-state index >= 15 is 0 Å². The van der Waals surface area contributed by atoms with Gasteiger partial charge in [0, 0.05) is 56.7 Å². The SMILES string of the molecule is CN=C(NCCc1c[nH]c2ccc(F)cc12)N(C)Cc1cccn1C. The number of aromatic amines is 1. The monoisotopic (exact) mass is 341 g/mol. The van der Waals surface area contributed by atoms with Gasteiger partial charge in [-0.05, 0) is 42.3 Å². The number of H-pyrrole nitrogens is 1. The van der Waals surface area contributed by atoms with Gasteiger partial charge in [-0.1, -0.05) is 0 Å². The third-order valence-electron chi connectivity index (χ3n) is 4.43. The van der Waals surface area contributed by atoms with Crippen molar-refractivity contribution in [1.82, 2.24) is 19.8 Å². The first-order valence-electron chi connectivity index (χ1n) is 8.36. The number of nitrogens with zero attached hydrogens (tertiary/aromatic N) is 3. The van der Waals surface area contributed by atoms with E-state index in [4.69, 9.17) is 0 Å². The van der Waals surface area contributed by atoms with Crippen LogP contribution in [0.15, 0.2) is 47.7 Å². The molecule has 6 heteroatoms. The van der Waals surface area contributed by atoms with Crippen molar-refractivity contribution in [2.75, 3.05) is 20.6 Å². The van der Waals surface area contributed by atoms with Crippen molar-refractivity contribution in [2.45, 2.75) is 13.0 Å². The largest absolute Gasteiger partial charge is 0.361 e. The highest BCUT2D eigenvalue weighted by molar-refractivity contribution is 5.83. The van der Waals surface area contributed by atoms with Gasteiger partial charge in [0.1, 0.15) is 5.82 Å². The van der Waals surface area contributed by atoms with Crippen LogP contribution in [0.3, 0.4) is 0 Å². The van der Waals surface area contributed by atoms with Gasteiger partial charge in [0.2, 0.25) is 0 Å². The first kappa shape index (κ1) is 17.1. The van der Waals surface area contributed by atoms with E-state index in [0.29, 0.717) is 0 Å². The second-order valence-electron chi connectivity index (χ2n) is 6.19. The van der Waals surface area contributed by atoms with E-state index in [1.165, 1.54) is 11.8 Å². The van der Waals surface area contributed by atoms with Crippen LogP contribution in [0.1, 0.15) is 11.3 Å². The fraction of sp³-hybridized carbons (Fsp3) is 0.316. The molecule has 0 atom stereocenters. The Kier molecular flexibility index (Phi) is 5.07. The molecule has 0 unspecified atom stereocenters. The van der Waals surface area contributed by atoms with Crippen LogP contribution >= 0.6 is 0 Å². The van der Waals surface area contributed by atoms with Crippen molar-refractivity contribution in [3.05, 3.63) is 59.8 Å². The smallest absolute Gasteiger partial charge is 0.193 e. The minimum atomic E-state index is -0.209. The number of aryl methyl sites for hydroxylation is 1. The number of aromatic nitrogens is 2. The van der Waals surface area contributed by atoms with E-state index in [1.54, 1.807) is 19.2 Å². The molecule has 1 aromatic carbocycles. The van der Waals surface area contributed by atoms with Gasteiger partial charge in [0.15, 0.2) is 5.96 Å². The van der Waals surface area contributed by atoms with Gasteiger partial charge in [0.25, 0.3) is 0 Å². The van der Waals surface area contributed by atoms with E-state index in [0.717, 1.165) is 41.9 Å². The summed E-state index contributed by atoms with van der Waals surface area (Å²) in [5.41, 5.74) is 3.28. The second-order valence-corrected chi connectivity index (χ2v) is 6.19. The van der Waals surface area contributed by atoms with Gasteiger partial charge in [-0.25, -0.2) is 4.39 Å². The van der Waals surface area contributed by atoms with E-state index in [9.17, 15) is 4.39 Å². The van der Waals surface area contributed by atoms with Crippen LogP contribution < -0.4 is 5.32 Å². The molecule has 0 saturated heterocycles. The van der Waals surface area contributed by atoms with Crippen LogP contribution in [0, 0.1) is 5.82 Å². The molecular weight excluding hydrogens is 317 g/mol. The van der Waals surface area contributed by atoms with E-state index in [1.807, 2.05) is 32.6 Å². The van der Waals surface area contributed by atoms with Crippen molar-refractivity contribution in [3.8, 4) is 0 Å². The molecule has 2 aromatic heterocycles. The normalized spacial score (nSPS) is 11.9. The number of hydrogen-bond donors (Lipinski definition) is 2. The number of halogens is 1. The number of guanidine groups is 1. The number of nitrogens with one attached hydrogen (secondary N) is 2. The molecule has 0 amide bonds. The van der Waals surface area contributed by atoms with E-state index in [2.05, 4.69) is 30.8 Å². The summed E-state index contributed by atoms with van der Waals surface area (Å²) in [7, 11) is 5.84. The summed E-state index contributed by atoms with van der Waals surface area (Å²) < 4.78 is 15.6. The molecular formula is C19H24FN5. The third-order valence-corrected chi connectivity index (χ3v) is 4.43. The molecule has 0 aliphatic rings. The van der Waals surface area contributed by atoms with Crippen LogP contribution in [-0.4, -0.2) is 41.1 Å². The predicted octanol–water partition coefficient (Wildman–Crippen LogP) is 2.90. The lowest BCUT2D eigenvalue weighted by Gasteiger charge is -2.22. The maximum absolute atomic E-state index is 13.5. The average Bonchev–Trinajstić information content (AvgIpc) is 3.18. The Hall–Kier alpha value is -2.76. The molecule has 5 nitrogen and oxygen atoms in total. The van der Waals surface area contributed by atoms with Crippen LogP contribution in [-0.2, 0) is 20.0 Å². The standard InChI is InChI=1S/C19H24FN5/c1-21-19(25(3)13-16-5-4-10-24(16)2)22-9-8-14-12-23-18-7-6-15(20)11-17(14)18/h4-7,10-12,23H,8-9,13H2,1-3H3,(H,21,22). The Bertz CT molecular complexity index is 877. The van der Waals surface area contributed by atoms with E-state index in [-0.39, 0.29) is 5.82 Å². The lowest BCUT2D eigenvalue weighted by atomic mass is 10.1. The van der Waals surface area contributed by atoms with Gasteiger partial charge in [-0.2, -0.15) is 0 Å². The van der Waals surface area contributed by atoms with Gasteiger partial charge >= 0.3 is 0 Å². The highest BCUT2D eigenvalue weighted by Crippen LogP contribution is 2.19. The molecule has 0 aliphatic carbocycles. The zero-order valence-electron chi connectivity index (χ0n) is 14.9. The first-order chi connectivity index (χ1) is 12.1. The molecule has 0 spiro atoms. The summed E-state index contributed by atoms with van der Waals surface area (Å²) in [6, 6.07) is 8.96. The van der Waals surface area contributed by atoms with Crippen molar-refractivity contribution in [2.24, 2.45) is 12.0 Å². The molecule has 0 saturated carbocycles. The maximum Gasteiger partial charge on any atom is 0.193 e. The number of aliphatic imine (C=N–C) groups is 1. The van der Waals surface area contributed by atoms with Gasteiger partial charge in [-0.3, -0.25) is 4.99 Å². The summed E-state index contributed by atoms with van der Waals surface area (Å²) in [6.45, 7) is 1.51. The van der Waals surface area contributed by atoms with Crippen molar-refractivity contribution < 1.29 is 4.39 Å². The Balaban J connectivity index is 1.59. The molecule has 25 heavy (non-hydrogen) atoms. The lowest BCUT2D eigenvalue weighted by Crippen LogP contribution is -2.39. The number of benzene rings is 1. The fourth-order valence-corrected chi connectivity index (χ4v) is 3.03. The van der Waals surface area contributed by atoms with E-state index < -0.39 is 0 Å². The summed E-state index contributed by atoms with van der Waals surface area (Å²) in [5.74, 6) is 0.631. The highest BCUT2D eigenvalue weighted by atomic mass is 19.1. The topological polar surface area (TPSA) is 48.4 Å². The molecule has 132 valence electrons.